The SMILES string of the molecule is CCCCCCC(C)OC(=O)[C@@H]1CCCCN1. The summed E-state index contributed by atoms with van der Waals surface area (Å²) in [5.74, 6) is -0.0484. The highest BCUT2D eigenvalue weighted by Gasteiger charge is 2.23. The fraction of sp³-hybridized carbons (Fsp3) is 0.929. The summed E-state index contributed by atoms with van der Waals surface area (Å²) in [6.07, 6.45) is 9.27. The van der Waals surface area contributed by atoms with E-state index in [1.807, 2.05) is 6.92 Å². The Kier molecular flexibility index (Phi) is 7.25. The Hall–Kier alpha value is -0.570. The van der Waals surface area contributed by atoms with Gasteiger partial charge in [0.25, 0.3) is 0 Å². The number of esters is 1. The summed E-state index contributed by atoms with van der Waals surface area (Å²) >= 11 is 0. The van der Waals surface area contributed by atoms with Gasteiger partial charge >= 0.3 is 5.97 Å². The van der Waals surface area contributed by atoms with Crippen molar-refractivity contribution in [3.8, 4) is 0 Å². The second-order valence-corrected chi connectivity index (χ2v) is 5.10. The molecule has 1 aliphatic rings. The highest BCUT2D eigenvalue weighted by Crippen LogP contribution is 2.12. The zero-order valence-electron chi connectivity index (χ0n) is 11.3. The molecule has 1 heterocycles. The van der Waals surface area contributed by atoms with Crippen LogP contribution in [0.25, 0.3) is 0 Å². The quantitative estimate of drug-likeness (QED) is 0.550. The zero-order chi connectivity index (χ0) is 12.5. The molecule has 17 heavy (non-hydrogen) atoms. The first-order valence-electron chi connectivity index (χ1n) is 7.18. The molecule has 1 fully saturated rings. The second kappa shape index (κ2) is 8.51. The van der Waals surface area contributed by atoms with Gasteiger partial charge in [-0.05, 0) is 39.2 Å². The van der Waals surface area contributed by atoms with E-state index >= 15 is 0 Å². The van der Waals surface area contributed by atoms with E-state index in [0.717, 1.165) is 25.8 Å². The van der Waals surface area contributed by atoms with Gasteiger partial charge in [0, 0.05) is 0 Å². The first kappa shape index (κ1) is 14.5. The van der Waals surface area contributed by atoms with Gasteiger partial charge < -0.3 is 10.1 Å². The van der Waals surface area contributed by atoms with Gasteiger partial charge in [0.1, 0.15) is 6.04 Å². The predicted molar refractivity (Wildman–Crippen MR) is 70.0 cm³/mol. The number of carbonyl (C=O) groups excluding carboxylic acids is 1. The molecule has 0 aliphatic carbocycles. The maximum Gasteiger partial charge on any atom is 0.323 e. The van der Waals surface area contributed by atoms with Crippen molar-refractivity contribution in [1.82, 2.24) is 5.32 Å². The average molecular weight is 241 g/mol. The average Bonchev–Trinajstić information content (AvgIpc) is 2.36. The van der Waals surface area contributed by atoms with Gasteiger partial charge in [-0.15, -0.1) is 0 Å². The van der Waals surface area contributed by atoms with Crippen LogP contribution in [0.2, 0.25) is 0 Å². The Bertz CT molecular complexity index is 212. The third-order valence-corrected chi connectivity index (χ3v) is 3.38. The van der Waals surface area contributed by atoms with Crippen molar-refractivity contribution in [2.75, 3.05) is 6.54 Å². The maximum atomic E-state index is 11.8. The standard InChI is InChI=1S/C14H27NO2/c1-3-4-5-6-9-12(2)17-14(16)13-10-7-8-11-15-13/h12-13,15H,3-11H2,1-2H3/t12?,13-/m0/s1. The van der Waals surface area contributed by atoms with E-state index in [1.54, 1.807) is 0 Å². The highest BCUT2D eigenvalue weighted by molar-refractivity contribution is 5.76. The van der Waals surface area contributed by atoms with Crippen LogP contribution < -0.4 is 5.32 Å². The number of nitrogens with one attached hydrogen (secondary N) is 1. The lowest BCUT2D eigenvalue weighted by Crippen LogP contribution is -2.42. The van der Waals surface area contributed by atoms with E-state index in [9.17, 15) is 4.79 Å². The van der Waals surface area contributed by atoms with Gasteiger partial charge in [0.05, 0.1) is 6.10 Å². The Labute approximate surface area is 105 Å². The van der Waals surface area contributed by atoms with Crippen LogP contribution in [-0.2, 0) is 9.53 Å². The van der Waals surface area contributed by atoms with Crippen molar-refractivity contribution in [2.45, 2.75) is 77.4 Å². The van der Waals surface area contributed by atoms with Crippen molar-refractivity contribution in [2.24, 2.45) is 0 Å². The Morgan fingerprint density at radius 1 is 1.35 bits per heavy atom. The molecule has 0 amide bonds. The van der Waals surface area contributed by atoms with Crippen LogP contribution in [0, 0.1) is 0 Å². The Morgan fingerprint density at radius 2 is 2.18 bits per heavy atom. The van der Waals surface area contributed by atoms with E-state index in [2.05, 4.69) is 12.2 Å². The second-order valence-electron chi connectivity index (χ2n) is 5.10. The summed E-state index contributed by atoms with van der Waals surface area (Å²) in [7, 11) is 0. The molecular formula is C14H27NO2. The summed E-state index contributed by atoms with van der Waals surface area (Å²) in [6, 6.07) is -0.0539. The van der Waals surface area contributed by atoms with Crippen LogP contribution >= 0.6 is 0 Å². The summed E-state index contributed by atoms with van der Waals surface area (Å²) < 4.78 is 5.47. The maximum absolute atomic E-state index is 11.8. The molecule has 1 saturated heterocycles. The fourth-order valence-electron chi connectivity index (χ4n) is 2.25. The molecule has 1 N–H and O–H groups in total. The van der Waals surface area contributed by atoms with Gasteiger partial charge in [0.15, 0.2) is 0 Å². The number of piperidine rings is 1. The van der Waals surface area contributed by atoms with E-state index in [-0.39, 0.29) is 18.1 Å². The summed E-state index contributed by atoms with van der Waals surface area (Å²) in [6.45, 7) is 5.16. The van der Waals surface area contributed by atoms with Gasteiger partial charge in [0.2, 0.25) is 0 Å². The summed E-state index contributed by atoms with van der Waals surface area (Å²) in [5.41, 5.74) is 0. The van der Waals surface area contributed by atoms with Gasteiger partial charge in [-0.3, -0.25) is 4.79 Å². The van der Waals surface area contributed by atoms with Crippen molar-refractivity contribution in [1.29, 1.82) is 0 Å². The lowest BCUT2D eigenvalue weighted by Gasteiger charge is -2.23. The summed E-state index contributed by atoms with van der Waals surface area (Å²) in [4.78, 5) is 11.8. The van der Waals surface area contributed by atoms with Crippen LogP contribution in [0.4, 0.5) is 0 Å². The molecule has 0 aromatic heterocycles. The largest absolute Gasteiger partial charge is 0.462 e. The molecule has 1 unspecified atom stereocenters. The molecule has 0 saturated carbocycles. The van der Waals surface area contributed by atoms with E-state index in [0.29, 0.717) is 0 Å². The Balaban J connectivity index is 2.11. The van der Waals surface area contributed by atoms with Crippen molar-refractivity contribution >= 4 is 5.97 Å². The lowest BCUT2D eigenvalue weighted by molar-refractivity contribution is -0.151. The van der Waals surface area contributed by atoms with E-state index < -0.39 is 0 Å². The van der Waals surface area contributed by atoms with Crippen molar-refractivity contribution in [3.05, 3.63) is 0 Å². The van der Waals surface area contributed by atoms with Crippen LogP contribution in [0.15, 0.2) is 0 Å². The molecule has 1 rings (SSSR count). The molecule has 0 radical (unpaired) electrons. The van der Waals surface area contributed by atoms with Crippen LogP contribution in [0.3, 0.4) is 0 Å². The van der Waals surface area contributed by atoms with Crippen LogP contribution in [0.1, 0.15) is 65.2 Å². The monoisotopic (exact) mass is 241 g/mol. The molecule has 0 aromatic carbocycles. The normalized spacial score (nSPS) is 22.1. The van der Waals surface area contributed by atoms with E-state index in [4.69, 9.17) is 4.74 Å². The predicted octanol–water partition coefficient (Wildman–Crippen LogP) is 3.03. The first-order chi connectivity index (χ1) is 8.24. The fourth-order valence-corrected chi connectivity index (χ4v) is 2.25. The smallest absolute Gasteiger partial charge is 0.323 e. The first-order valence-corrected chi connectivity index (χ1v) is 7.18. The number of carbonyl (C=O) groups is 1. The molecule has 1 aliphatic heterocycles. The van der Waals surface area contributed by atoms with Gasteiger partial charge in [-0.1, -0.05) is 32.6 Å². The number of ether oxygens (including phenoxy) is 1. The molecule has 0 bridgehead atoms. The van der Waals surface area contributed by atoms with Gasteiger partial charge in [-0.25, -0.2) is 0 Å². The lowest BCUT2D eigenvalue weighted by atomic mass is 10.1. The summed E-state index contributed by atoms with van der Waals surface area (Å²) in [5, 5.41) is 3.23. The molecule has 3 nitrogen and oxygen atoms in total. The minimum atomic E-state index is -0.0539. The van der Waals surface area contributed by atoms with E-state index in [1.165, 1.54) is 32.1 Å². The molecule has 3 heteroatoms. The third kappa shape index (κ3) is 6.06. The minimum absolute atomic E-state index is 0.0484. The number of hydrogen-bond acceptors (Lipinski definition) is 3. The van der Waals surface area contributed by atoms with Crippen LogP contribution in [0.5, 0.6) is 0 Å². The molecule has 100 valence electrons. The Morgan fingerprint density at radius 3 is 2.82 bits per heavy atom. The topological polar surface area (TPSA) is 38.3 Å². The van der Waals surface area contributed by atoms with Crippen LogP contribution in [-0.4, -0.2) is 24.7 Å². The number of unbranched alkanes of at least 4 members (excludes halogenated alkanes) is 3. The number of rotatable bonds is 7. The minimum Gasteiger partial charge on any atom is -0.462 e. The third-order valence-electron chi connectivity index (χ3n) is 3.38. The zero-order valence-corrected chi connectivity index (χ0v) is 11.3. The molecular weight excluding hydrogens is 214 g/mol. The molecule has 0 spiro atoms. The van der Waals surface area contributed by atoms with Crippen molar-refractivity contribution < 1.29 is 9.53 Å². The van der Waals surface area contributed by atoms with Crippen molar-refractivity contribution in [3.63, 3.8) is 0 Å². The molecule has 0 aromatic rings. The molecule has 2 atom stereocenters. The van der Waals surface area contributed by atoms with Gasteiger partial charge in [-0.2, -0.15) is 0 Å². The number of hydrogen-bond donors (Lipinski definition) is 1. The highest BCUT2D eigenvalue weighted by atomic mass is 16.5.